The lowest BCUT2D eigenvalue weighted by Gasteiger charge is -2.40. The van der Waals surface area contributed by atoms with Crippen LogP contribution < -0.4 is 10.3 Å². The molecule has 1 aromatic heterocycles. The van der Waals surface area contributed by atoms with Crippen molar-refractivity contribution in [3.63, 3.8) is 0 Å². The Labute approximate surface area is 158 Å². The van der Waals surface area contributed by atoms with Gasteiger partial charge < -0.3 is 4.90 Å². The van der Waals surface area contributed by atoms with Gasteiger partial charge in [0.25, 0.3) is 5.91 Å². The number of anilines is 1. The van der Waals surface area contributed by atoms with Gasteiger partial charge in [0.2, 0.25) is 0 Å². The summed E-state index contributed by atoms with van der Waals surface area (Å²) in [7, 11) is 2.06. The van der Waals surface area contributed by atoms with Gasteiger partial charge in [-0.25, -0.2) is 5.43 Å². The molecular weight excluding hydrogens is 348 g/mol. The molecule has 1 aliphatic heterocycles. The highest BCUT2D eigenvalue weighted by Crippen LogP contribution is 2.40. The van der Waals surface area contributed by atoms with Crippen LogP contribution in [0.3, 0.4) is 0 Å². The normalized spacial score (nSPS) is 15.6. The molecule has 2 heterocycles. The molecule has 0 saturated heterocycles. The van der Waals surface area contributed by atoms with E-state index in [-0.39, 0.29) is 11.4 Å². The summed E-state index contributed by atoms with van der Waals surface area (Å²) in [6.07, 6.45) is 6.92. The van der Waals surface area contributed by atoms with E-state index in [1.54, 1.807) is 30.7 Å². The molecule has 1 aliphatic rings. The Bertz CT molecular complexity index is 904. The van der Waals surface area contributed by atoms with Gasteiger partial charge in [-0.15, -0.1) is 0 Å². The van der Waals surface area contributed by atoms with Gasteiger partial charge in [-0.2, -0.15) is 5.10 Å². The molecule has 0 bridgehead atoms. The fourth-order valence-electron chi connectivity index (χ4n) is 3.01. The molecule has 134 valence electrons. The van der Waals surface area contributed by atoms with Gasteiger partial charge in [-0.1, -0.05) is 17.7 Å². The number of halogens is 1. The number of hydrogen-bond acceptors (Lipinski definition) is 4. The summed E-state index contributed by atoms with van der Waals surface area (Å²) in [6.45, 7) is 6.42. The first kappa shape index (κ1) is 18.1. The predicted octanol–water partition coefficient (Wildman–Crippen LogP) is 4.13. The highest BCUT2D eigenvalue weighted by atomic mass is 35.5. The van der Waals surface area contributed by atoms with Crippen LogP contribution in [0.2, 0.25) is 5.02 Å². The molecule has 0 aliphatic carbocycles. The molecule has 0 fully saturated rings. The summed E-state index contributed by atoms with van der Waals surface area (Å²) < 4.78 is 0. The van der Waals surface area contributed by atoms with Gasteiger partial charge >= 0.3 is 0 Å². The van der Waals surface area contributed by atoms with Crippen LogP contribution in [0.4, 0.5) is 5.69 Å². The number of allylic oxidation sites excluding steroid dienone is 1. The second kappa shape index (κ2) is 6.92. The van der Waals surface area contributed by atoms with E-state index in [1.807, 2.05) is 12.1 Å². The maximum Gasteiger partial charge on any atom is 0.271 e. The van der Waals surface area contributed by atoms with Crippen molar-refractivity contribution in [3.05, 3.63) is 64.4 Å². The molecule has 0 atom stereocenters. The van der Waals surface area contributed by atoms with Gasteiger partial charge in [0, 0.05) is 41.8 Å². The number of likely N-dealkylation sites (N-methyl/N-ethyl adjacent to an activating group) is 1. The van der Waals surface area contributed by atoms with E-state index in [2.05, 4.69) is 54.3 Å². The maximum atomic E-state index is 12.0. The largest absolute Gasteiger partial charge is 0.365 e. The van der Waals surface area contributed by atoms with E-state index < -0.39 is 0 Å². The third-order valence-corrected chi connectivity index (χ3v) is 4.97. The zero-order valence-electron chi connectivity index (χ0n) is 15.2. The highest BCUT2D eigenvalue weighted by molar-refractivity contribution is 6.33. The summed E-state index contributed by atoms with van der Waals surface area (Å²) in [6, 6.07) is 7.20. The summed E-state index contributed by atoms with van der Waals surface area (Å²) in [5.41, 5.74) is 7.06. The summed E-state index contributed by atoms with van der Waals surface area (Å²) in [5.74, 6) is -0.296. The first-order valence-corrected chi connectivity index (χ1v) is 8.68. The SMILES string of the molecule is CC1=CC(C)(C)N(C)c2cc(Cl)c(/C=N/NC(=O)c3ccncc3)cc21. The number of hydrogen-bond donors (Lipinski definition) is 1. The second-order valence-corrected chi connectivity index (χ2v) is 7.27. The average Bonchev–Trinajstić information content (AvgIpc) is 2.61. The zero-order valence-corrected chi connectivity index (χ0v) is 16.0. The van der Waals surface area contributed by atoms with Crippen molar-refractivity contribution in [3.8, 4) is 0 Å². The van der Waals surface area contributed by atoms with Crippen LogP contribution in [0, 0.1) is 0 Å². The van der Waals surface area contributed by atoms with Crippen LogP contribution in [0.25, 0.3) is 5.57 Å². The van der Waals surface area contributed by atoms with Gasteiger partial charge in [0.05, 0.1) is 16.8 Å². The number of nitrogens with zero attached hydrogens (tertiary/aromatic N) is 3. The van der Waals surface area contributed by atoms with Crippen molar-refractivity contribution in [2.45, 2.75) is 26.3 Å². The van der Waals surface area contributed by atoms with Crippen molar-refractivity contribution in [2.24, 2.45) is 5.10 Å². The quantitative estimate of drug-likeness (QED) is 0.654. The third kappa shape index (κ3) is 3.48. The molecule has 0 saturated carbocycles. The number of pyridine rings is 1. The molecule has 1 N–H and O–H groups in total. The molecule has 0 radical (unpaired) electrons. The zero-order chi connectivity index (χ0) is 18.9. The first-order valence-electron chi connectivity index (χ1n) is 8.30. The van der Waals surface area contributed by atoms with Gasteiger partial charge in [-0.3, -0.25) is 9.78 Å². The number of benzene rings is 1. The number of amides is 1. The van der Waals surface area contributed by atoms with Crippen LogP contribution in [0.5, 0.6) is 0 Å². The predicted molar refractivity (Wildman–Crippen MR) is 107 cm³/mol. The van der Waals surface area contributed by atoms with E-state index in [9.17, 15) is 4.79 Å². The molecule has 1 aromatic carbocycles. The van der Waals surface area contributed by atoms with Crippen LogP contribution in [0.15, 0.2) is 47.8 Å². The summed E-state index contributed by atoms with van der Waals surface area (Å²) in [5, 5.41) is 4.62. The van der Waals surface area contributed by atoms with E-state index in [4.69, 9.17) is 11.6 Å². The second-order valence-electron chi connectivity index (χ2n) is 6.87. The van der Waals surface area contributed by atoms with Crippen LogP contribution >= 0.6 is 11.6 Å². The maximum absolute atomic E-state index is 12.0. The number of carbonyl (C=O) groups is 1. The molecule has 26 heavy (non-hydrogen) atoms. The Morgan fingerprint density at radius 3 is 2.69 bits per heavy atom. The Hall–Kier alpha value is -2.66. The topological polar surface area (TPSA) is 57.6 Å². The molecule has 2 aromatic rings. The van der Waals surface area contributed by atoms with E-state index in [0.717, 1.165) is 16.8 Å². The van der Waals surface area contributed by atoms with E-state index in [1.165, 1.54) is 5.57 Å². The number of nitrogens with one attached hydrogen (secondary N) is 1. The highest BCUT2D eigenvalue weighted by Gasteiger charge is 2.29. The van der Waals surface area contributed by atoms with Crippen molar-refractivity contribution < 1.29 is 4.79 Å². The lowest BCUT2D eigenvalue weighted by Crippen LogP contribution is -2.42. The number of hydrazone groups is 1. The van der Waals surface area contributed by atoms with E-state index in [0.29, 0.717) is 10.6 Å². The minimum atomic E-state index is -0.296. The average molecular weight is 369 g/mol. The Kier molecular flexibility index (Phi) is 4.83. The minimum absolute atomic E-state index is 0.0749. The van der Waals surface area contributed by atoms with E-state index >= 15 is 0 Å². The number of aromatic nitrogens is 1. The Morgan fingerprint density at radius 1 is 1.31 bits per heavy atom. The molecule has 5 nitrogen and oxygen atoms in total. The molecule has 6 heteroatoms. The fourth-order valence-corrected chi connectivity index (χ4v) is 3.22. The van der Waals surface area contributed by atoms with Crippen molar-refractivity contribution in [2.75, 3.05) is 11.9 Å². The molecule has 0 spiro atoms. The van der Waals surface area contributed by atoms with Crippen molar-refractivity contribution in [1.29, 1.82) is 0 Å². The van der Waals surface area contributed by atoms with Gasteiger partial charge in [-0.05, 0) is 50.6 Å². The van der Waals surface area contributed by atoms with Gasteiger partial charge in [0.1, 0.15) is 0 Å². The lowest BCUT2D eigenvalue weighted by atomic mass is 9.88. The van der Waals surface area contributed by atoms with Crippen LogP contribution in [-0.2, 0) is 0 Å². The number of fused-ring (bicyclic) bond motifs is 1. The van der Waals surface area contributed by atoms with Gasteiger partial charge in [0.15, 0.2) is 0 Å². The molecular formula is C20H21ClN4O. The standard InChI is InChI=1S/C20H21ClN4O/c1-13-11-20(2,3)25(4)18-10-17(21)15(9-16(13)18)12-23-24-19(26)14-5-7-22-8-6-14/h5-12H,1-4H3,(H,24,26)/b23-12+. The Balaban J connectivity index is 1.84. The number of rotatable bonds is 3. The van der Waals surface area contributed by atoms with Crippen LogP contribution in [-0.4, -0.2) is 29.7 Å². The smallest absolute Gasteiger partial charge is 0.271 e. The molecule has 1 amide bonds. The monoisotopic (exact) mass is 368 g/mol. The number of carbonyl (C=O) groups excluding carboxylic acids is 1. The fraction of sp³-hybridized carbons (Fsp3) is 0.250. The summed E-state index contributed by atoms with van der Waals surface area (Å²) >= 11 is 6.44. The molecule has 3 rings (SSSR count). The first-order chi connectivity index (χ1) is 12.3. The lowest BCUT2D eigenvalue weighted by molar-refractivity contribution is 0.0955. The Morgan fingerprint density at radius 2 is 2.00 bits per heavy atom. The van der Waals surface area contributed by atoms with Crippen LogP contribution in [0.1, 0.15) is 42.3 Å². The summed E-state index contributed by atoms with van der Waals surface area (Å²) in [4.78, 5) is 18.1. The molecule has 0 unspecified atom stereocenters. The van der Waals surface area contributed by atoms with Crippen molar-refractivity contribution in [1.82, 2.24) is 10.4 Å². The minimum Gasteiger partial charge on any atom is -0.365 e. The third-order valence-electron chi connectivity index (χ3n) is 4.65. The van der Waals surface area contributed by atoms with Crippen molar-refractivity contribution >= 4 is 35.0 Å².